The molecule has 0 saturated heterocycles. The maximum Gasteiger partial charge on any atom is 0.203 e. The van der Waals surface area contributed by atoms with E-state index < -0.39 is 0 Å². The highest BCUT2D eigenvalue weighted by Gasteiger charge is 2.11. The van der Waals surface area contributed by atoms with Gasteiger partial charge in [0.2, 0.25) is 5.88 Å². The lowest BCUT2D eigenvalue weighted by atomic mass is 10.2. The second-order valence-corrected chi connectivity index (χ2v) is 5.03. The average molecular weight is 278 g/mol. The number of aromatic amines is 1. The molecular formula is C17H14N2O2. The van der Waals surface area contributed by atoms with Crippen molar-refractivity contribution in [2.75, 3.05) is 7.11 Å². The number of ether oxygens (including phenoxy) is 1. The van der Waals surface area contributed by atoms with Crippen LogP contribution in [0, 0.1) is 0 Å². The summed E-state index contributed by atoms with van der Waals surface area (Å²) in [5, 5.41) is 13.4. The quantitative estimate of drug-likeness (QED) is 0.585. The third-order valence-electron chi connectivity index (χ3n) is 3.81. The number of nitrogens with one attached hydrogen (secondary N) is 1. The molecule has 0 unspecified atom stereocenters. The van der Waals surface area contributed by atoms with Crippen molar-refractivity contribution in [2.45, 2.75) is 0 Å². The molecule has 0 bridgehead atoms. The van der Waals surface area contributed by atoms with E-state index in [4.69, 9.17) is 4.74 Å². The summed E-state index contributed by atoms with van der Waals surface area (Å²) in [6.07, 6.45) is 3.84. The van der Waals surface area contributed by atoms with Crippen molar-refractivity contribution in [1.82, 2.24) is 9.55 Å². The van der Waals surface area contributed by atoms with Gasteiger partial charge in [0, 0.05) is 39.8 Å². The summed E-state index contributed by atoms with van der Waals surface area (Å²) in [5.41, 5.74) is 2.01. The SMILES string of the molecule is COc1ccc2cn(-c3ccc4[nH]ccc4c3)c(O)c2c1. The smallest absolute Gasteiger partial charge is 0.203 e. The largest absolute Gasteiger partial charge is 0.497 e. The highest BCUT2D eigenvalue weighted by molar-refractivity contribution is 5.90. The molecule has 0 fully saturated rings. The number of aromatic nitrogens is 2. The van der Waals surface area contributed by atoms with Crippen LogP contribution < -0.4 is 4.74 Å². The zero-order chi connectivity index (χ0) is 14.4. The fourth-order valence-electron chi connectivity index (χ4n) is 2.69. The zero-order valence-electron chi connectivity index (χ0n) is 11.5. The van der Waals surface area contributed by atoms with Crippen molar-refractivity contribution in [3.63, 3.8) is 0 Å². The molecule has 2 aromatic heterocycles. The van der Waals surface area contributed by atoms with Crippen LogP contribution in [0.5, 0.6) is 11.6 Å². The monoisotopic (exact) mass is 278 g/mol. The molecule has 104 valence electrons. The first-order valence-electron chi connectivity index (χ1n) is 6.72. The van der Waals surface area contributed by atoms with E-state index in [0.29, 0.717) is 0 Å². The molecule has 0 amide bonds. The minimum Gasteiger partial charge on any atom is -0.497 e. The standard InChI is InChI=1S/C17H14N2O2/c1-21-14-4-2-12-10-19(17(20)15(12)9-14)13-3-5-16-11(8-13)6-7-18-16/h2-10,18,20H,1H3. The Morgan fingerprint density at radius 3 is 2.81 bits per heavy atom. The number of benzene rings is 2. The Hall–Kier alpha value is -2.88. The van der Waals surface area contributed by atoms with E-state index in [9.17, 15) is 5.11 Å². The van der Waals surface area contributed by atoms with Gasteiger partial charge in [-0.1, -0.05) is 0 Å². The summed E-state index contributed by atoms with van der Waals surface area (Å²) in [4.78, 5) is 3.17. The van der Waals surface area contributed by atoms with Gasteiger partial charge in [0.25, 0.3) is 0 Å². The van der Waals surface area contributed by atoms with Gasteiger partial charge in [-0.2, -0.15) is 0 Å². The highest BCUT2D eigenvalue weighted by atomic mass is 16.5. The number of H-pyrrole nitrogens is 1. The summed E-state index contributed by atoms with van der Waals surface area (Å²) >= 11 is 0. The summed E-state index contributed by atoms with van der Waals surface area (Å²) in [5.74, 6) is 0.954. The van der Waals surface area contributed by atoms with Crippen molar-refractivity contribution >= 4 is 21.7 Å². The van der Waals surface area contributed by atoms with Crippen molar-refractivity contribution in [3.8, 4) is 17.3 Å². The Bertz CT molecular complexity index is 950. The van der Waals surface area contributed by atoms with Gasteiger partial charge in [0.05, 0.1) is 7.11 Å². The molecule has 0 aliphatic carbocycles. The van der Waals surface area contributed by atoms with Crippen molar-refractivity contribution in [3.05, 3.63) is 54.9 Å². The third kappa shape index (κ3) is 1.76. The molecule has 4 heteroatoms. The summed E-state index contributed by atoms with van der Waals surface area (Å²) in [7, 11) is 1.62. The number of aromatic hydroxyl groups is 1. The lowest BCUT2D eigenvalue weighted by Crippen LogP contribution is -1.90. The molecule has 0 radical (unpaired) electrons. The minimum absolute atomic E-state index is 0.221. The summed E-state index contributed by atoms with van der Waals surface area (Å²) in [6, 6.07) is 13.7. The molecule has 0 saturated carbocycles. The normalized spacial score (nSPS) is 11.3. The Balaban J connectivity index is 1.94. The van der Waals surface area contributed by atoms with E-state index >= 15 is 0 Å². The van der Waals surface area contributed by atoms with E-state index in [-0.39, 0.29) is 5.88 Å². The van der Waals surface area contributed by atoms with Crippen LogP contribution in [0.2, 0.25) is 0 Å². The first-order chi connectivity index (χ1) is 10.3. The van der Waals surface area contributed by atoms with Crippen LogP contribution in [0.25, 0.3) is 27.4 Å². The second-order valence-electron chi connectivity index (χ2n) is 5.03. The molecular weight excluding hydrogens is 264 g/mol. The molecule has 4 aromatic rings. The van der Waals surface area contributed by atoms with E-state index in [0.717, 1.165) is 33.1 Å². The zero-order valence-corrected chi connectivity index (χ0v) is 11.5. The molecule has 2 aromatic carbocycles. The minimum atomic E-state index is 0.221. The predicted octanol–water partition coefficient (Wildman–Crippen LogP) is 3.83. The van der Waals surface area contributed by atoms with E-state index in [1.807, 2.05) is 54.9 Å². The van der Waals surface area contributed by atoms with Crippen molar-refractivity contribution < 1.29 is 9.84 Å². The van der Waals surface area contributed by atoms with Gasteiger partial charge < -0.3 is 14.8 Å². The highest BCUT2D eigenvalue weighted by Crippen LogP contribution is 2.33. The van der Waals surface area contributed by atoms with Crippen LogP contribution in [0.3, 0.4) is 0 Å². The number of nitrogens with zero attached hydrogens (tertiary/aromatic N) is 1. The molecule has 4 nitrogen and oxygen atoms in total. The van der Waals surface area contributed by atoms with Gasteiger partial charge in [0.1, 0.15) is 5.75 Å². The summed E-state index contributed by atoms with van der Waals surface area (Å²) in [6.45, 7) is 0. The topological polar surface area (TPSA) is 50.2 Å². The van der Waals surface area contributed by atoms with Crippen LogP contribution in [0.1, 0.15) is 0 Å². The lowest BCUT2D eigenvalue weighted by Gasteiger charge is -2.05. The van der Waals surface area contributed by atoms with Gasteiger partial charge in [-0.25, -0.2) is 0 Å². The number of rotatable bonds is 2. The predicted molar refractivity (Wildman–Crippen MR) is 83.3 cm³/mol. The first kappa shape index (κ1) is 11.9. The fraction of sp³-hybridized carbons (Fsp3) is 0.0588. The first-order valence-corrected chi connectivity index (χ1v) is 6.72. The maximum atomic E-state index is 10.5. The number of fused-ring (bicyclic) bond motifs is 2. The van der Waals surface area contributed by atoms with Crippen molar-refractivity contribution in [1.29, 1.82) is 0 Å². The number of hydrogen-bond donors (Lipinski definition) is 2. The van der Waals surface area contributed by atoms with Gasteiger partial charge >= 0.3 is 0 Å². The molecule has 21 heavy (non-hydrogen) atoms. The van der Waals surface area contributed by atoms with Crippen LogP contribution in [-0.2, 0) is 0 Å². The van der Waals surface area contributed by atoms with Gasteiger partial charge in [-0.05, 0) is 42.5 Å². The van der Waals surface area contributed by atoms with E-state index in [1.54, 1.807) is 11.7 Å². The molecule has 0 atom stereocenters. The Morgan fingerprint density at radius 1 is 1.05 bits per heavy atom. The Kier molecular flexibility index (Phi) is 2.44. The second kappa shape index (κ2) is 4.31. The van der Waals surface area contributed by atoms with Gasteiger partial charge in [-0.15, -0.1) is 0 Å². The molecule has 0 spiro atoms. The van der Waals surface area contributed by atoms with E-state index in [2.05, 4.69) is 4.98 Å². The molecule has 0 aliphatic heterocycles. The van der Waals surface area contributed by atoms with Crippen LogP contribution >= 0.6 is 0 Å². The summed E-state index contributed by atoms with van der Waals surface area (Å²) < 4.78 is 7.00. The average Bonchev–Trinajstić information content (AvgIpc) is 3.11. The van der Waals surface area contributed by atoms with Gasteiger partial charge in [-0.3, -0.25) is 4.57 Å². The van der Waals surface area contributed by atoms with E-state index in [1.165, 1.54) is 0 Å². The molecule has 0 aliphatic rings. The number of methoxy groups -OCH3 is 1. The third-order valence-corrected chi connectivity index (χ3v) is 3.81. The van der Waals surface area contributed by atoms with Crippen molar-refractivity contribution in [2.24, 2.45) is 0 Å². The molecule has 4 rings (SSSR count). The lowest BCUT2D eigenvalue weighted by molar-refractivity contribution is 0.414. The van der Waals surface area contributed by atoms with Crippen LogP contribution in [0.15, 0.2) is 54.9 Å². The molecule has 2 N–H and O–H groups in total. The number of hydrogen-bond acceptors (Lipinski definition) is 2. The van der Waals surface area contributed by atoms with Crippen LogP contribution in [0.4, 0.5) is 0 Å². The molecule has 2 heterocycles. The maximum absolute atomic E-state index is 10.5. The Labute approximate surface area is 121 Å². The fourth-order valence-corrected chi connectivity index (χ4v) is 2.69. The van der Waals surface area contributed by atoms with Crippen LogP contribution in [-0.4, -0.2) is 21.8 Å². The van der Waals surface area contributed by atoms with Gasteiger partial charge in [0.15, 0.2) is 0 Å². The Morgan fingerprint density at radius 2 is 1.95 bits per heavy atom.